The van der Waals surface area contributed by atoms with Crippen LogP contribution in [0.5, 0.6) is 5.75 Å². The molecule has 0 unspecified atom stereocenters. The van der Waals surface area contributed by atoms with Crippen molar-refractivity contribution in [3.05, 3.63) is 53.8 Å². The summed E-state index contributed by atoms with van der Waals surface area (Å²) < 4.78 is 10.8. The SMILES string of the molecule is COc1cnc(-c2c(C)noc2C)c2[nH]cc(C(=O)C(=O)N3CCN(C(=Nc4ccccn4)NN)CC3)c12.N. The Hall–Kier alpha value is -4.82. The molecule has 0 spiro atoms. The van der Waals surface area contributed by atoms with Crippen molar-refractivity contribution in [2.24, 2.45) is 10.8 Å². The summed E-state index contributed by atoms with van der Waals surface area (Å²) in [6, 6.07) is 5.39. The number of aliphatic imine (C=N–C) groups is 1. The van der Waals surface area contributed by atoms with E-state index >= 15 is 0 Å². The number of pyridine rings is 2. The lowest BCUT2D eigenvalue weighted by molar-refractivity contribution is -0.127. The highest BCUT2D eigenvalue weighted by atomic mass is 16.5. The molecule has 4 aromatic rings. The number of hydrogen-bond donors (Lipinski definition) is 4. The van der Waals surface area contributed by atoms with E-state index in [1.54, 1.807) is 25.3 Å². The lowest BCUT2D eigenvalue weighted by Crippen LogP contribution is -2.55. The number of guanidine groups is 1. The topological polar surface area (TPSA) is 203 Å². The summed E-state index contributed by atoms with van der Waals surface area (Å²) in [5, 5.41) is 4.48. The summed E-state index contributed by atoms with van der Waals surface area (Å²) in [5.74, 6) is 6.36. The van der Waals surface area contributed by atoms with Gasteiger partial charge in [0.25, 0.3) is 11.7 Å². The van der Waals surface area contributed by atoms with E-state index in [1.165, 1.54) is 24.4 Å². The average molecular weight is 535 g/mol. The standard InChI is InChI=1S/C25H27N9O4.H3N/c1-14-19(15(2)38-32-14)21-22-20(17(37-3)13-29-21)16(12-28-22)23(35)24(36)33-8-10-34(11-9-33)25(31-26)30-18-6-4-5-7-27-18;/h4-7,12-13,28H,8-11,26H2,1-3H3,(H,27,30,31);1H3. The molecule has 5 rings (SSSR count). The first-order valence-electron chi connectivity index (χ1n) is 11.9. The Kier molecular flexibility index (Phi) is 7.88. The third kappa shape index (κ3) is 5.02. The molecule has 204 valence electrons. The van der Waals surface area contributed by atoms with Crippen LogP contribution < -0.4 is 22.2 Å². The maximum atomic E-state index is 13.4. The largest absolute Gasteiger partial charge is 0.494 e. The van der Waals surface area contributed by atoms with E-state index in [0.717, 1.165) is 5.56 Å². The molecular formula is C25H30N10O4. The minimum Gasteiger partial charge on any atom is -0.494 e. The van der Waals surface area contributed by atoms with Gasteiger partial charge in [-0.05, 0) is 26.0 Å². The summed E-state index contributed by atoms with van der Waals surface area (Å²) in [5.41, 5.74) is 5.31. The molecule has 14 nitrogen and oxygen atoms in total. The fraction of sp³-hybridized carbons (Fsp3) is 0.280. The molecule has 1 fully saturated rings. The first-order chi connectivity index (χ1) is 18.4. The van der Waals surface area contributed by atoms with E-state index < -0.39 is 11.7 Å². The minimum absolute atomic E-state index is 0. The monoisotopic (exact) mass is 534 g/mol. The smallest absolute Gasteiger partial charge is 0.295 e. The third-order valence-electron chi connectivity index (χ3n) is 6.47. The van der Waals surface area contributed by atoms with Gasteiger partial charge in [0.2, 0.25) is 5.96 Å². The zero-order chi connectivity index (χ0) is 26.8. The molecule has 1 aliphatic rings. The predicted molar refractivity (Wildman–Crippen MR) is 144 cm³/mol. The second-order valence-corrected chi connectivity index (χ2v) is 8.70. The molecule has 0 aromatic carbocycles. The normalized spacial score (nSPS) is 13.8. The van der Waals surface area contributed by atoms with Crippen LogP contribution in [0.2, 0.25) is 0 Å². The van der Waals surface area contributed by atoms with Gasteiger partial charge in [-0.25, -0.2) is 15.8 Å². The highest BCUT2D eigenvalue weighted by molar-refractivity contribution is 6.45. The molecule has 1 saturated heterocycles. The Morgan fingerprint density at radius 1 is 1.15 bits per heavy atom. The molecule has 0 bridgehead atoms. The van der Waals surface area contributed by atoms with E-state index in [9.17, 15) is 9.59 Å². The second-order valence-electron chi connectivity index (χ2n) is 8.70. The zero-order valence-corrected chi connectivity index (χ0v) is 21.9. The van der Waals surface area contributed by atoms with Gasteiger partial charge in [0, 0.05) is 38.6 Å². The van der Waals surface area contributed by atoms with Crippen LogP contribution in [0.1, 0.15) is 21.8 Å². The first kappa shape index (κ1) is 27.2. The van der Waals surface area contributed by atoms with Crippen LogP contribution in [-0.2, 0) is 4.79 Å². The Morgan fingerprint density at radius 2 is 1.90 bits per heavy atom. The van der Waals surface area contributed by atoms with Crippen molar-refractivity contribution < 1.29 is 18.8 Å². The summed E-state index contributed by atoms with van der Waals surface area (Å²) in [7, 11) is 1.49. The molecule has 39 heavy (non-hydrogen) atoms. The predicted octanol–water partition coefficient (Wildman–Crippen LogP) is 1.88. The lowest BCUT2D eigenvalue weighted by Gasteiger charge is -2.35. The second kappa shape index (κ2) is 11.3. The van der Waals surface area contributed by atoms with E-state index in [4.69, 9.17) is 15.1 Å². The number of H-pyrrole nitrogens is 1. The van der Waals surface area contributed by atoms with Crippen LogP contribution in [-0.4, -0.2) is 80.8 Å². The Bertz CT molecular complexity index is 1500. The van der Waals surface area contributed by atoms with Gasteiger partial charge >= 0.3 is 0 Å². The van der Waals surface area contributed by atoms with Gasteiger partial charge < -0.3 is 30.2 Å². The number of methoxy groups -OCH3 is 1. The van der Waals surface area contributed by atoms with Crippen LogP contribution in [0, 0.1) is 13.8 Å². The lowest BCUT2D eigenvalue weighted by atomic mass is 10.0. The molecule has 14 heteroatoms. The van der Waals surface area contributed by atoms with Crippen LogP contribution in [0.3, 0.4) is 0 Å². The summed E-state index contributed by atoms with van der Waals surface area (Å²) in [6.07, 6.45) is 4.69. The number of nitrogens with two attached hydrogens (primary N) is 1. The highest BCUT2D eigenvalue weighted by Gasteiger charge is 2.31. The molecule has 7 N–H and O–H groups in total. The number of piperazine rings is 1. The number of nitrogens with one attached hydrogen (secondary N) is 2. The molecule has 0 radical (unpaired) electrons. The molecule has 5 heterocycles. The van der Waals surface area contributed by atoms with Crippen molar-refractivity contribution >= 4 is 34.4 Å². The van der Waals surface area contributed by atoms with Gasteiger partial charge in [-0.1, -0.05) is 11.2 Å². The number of Topliss-reactive ketones (excluding diaryl/α,β-unsaturated/α-hetero) is 1. The number of ketones is 1. The maximum absolute atomic E-state index is 13.4. The van der Waals surface area contributed by atoms with Gasteiger partial charge in [-0.2, -0.15) is 4.99 Å². The van der Waals surface area contributed by atoms with Gasteiger partial charge in [0.1, 0.15) is 17.2 Å². The molecule has 0 saturated carbocycles. The molecular weight excluding hydrogens is 504 g/mol. The van der Waals surface area contributed by atoms with Crippen molar-refractivity contribution in [1.29, 1.82) is 0 Å². The van der Waals surface area contributed by atoms with E-state index in [-0.39, 0.29) is 11.7 Å². The third-order valence-corrected chi connectivity index (χ3v) is 6.47. The Morgan fingerprint density at radius 3 is 2.51 bits per heavy atom. The van der Waals surface area contributed by atoms with Crippen LogP contribution >= 0.6 is 0 Å². The van der Waals surface area contributed by atoms with E-state index in [0.29, 0.717) is 71.8 Å². The number of aromatic amines is 1. The summed E-state index contributed by atoms with van der Waals surface area (Å²) in [6.45, 7) is 5.11. The van der Waals surface area contributed by atoms with Gasteiger partial charge in [0.05, 0.1) is 41.0 Å². The minimum atomic E-state index is -0.641. The number of aryl methyl sites for hydroxylation is 2. The molecule has 1 amide bonds. The van der Waals surface area contributed by atoms with Crippen molar-refractivity contribution in [3.63, 3.8) is 0 Å². The number of carbonyl (C=O) groups is 2. The number of hydrogen-bond acceptors (Lipinski definition) is 10. The fourth-order valence-corrected chi connectivity index (χ4v) is 4.57. The van der Waals surface area contributed by atoms with E-state index in [2.05, 4.69) is 30.5 Å². The number of amides is 1. The van der Waals surface area contributed by atoms with Gasteiger partial charge in [-0.15, -0.1) is 0 Å². The molecule has 1 aliphatic heterocycles. The van der Waals surface area contributed by atoms with Crippen molar-refractivity contribution in [2.45, 2.75) is 13.8 Å². The van der Waals surface area contributed by atoms with Crippen molar-refractivity contribution in [2.75, 3.05) is 33.3 Å². The number of rotatable bonds is 5. The quantitative estimate of drug-likeness (QED) is 0.0726. The number of ether oxygens (including phenoxy) is 1. The van der Waals surface area contributed by atoms with E-state index in [1.807, 2.05) is 17.9 Å². The number of aromatic nitrogens is 4. The average Bonchev–Trinajstić information content (AvgIpc) is 3.54. The number of hydrazine groups is 1. The number of fused-ring (bicyclic) bond motifs is 1. The molecule has 0 atom stereocenters. The van der Waals surface area contributed by atoms with Crippen LogP contribution in [0.4, 0.5) is 5.82 Å². The van der Waals surface area contributed by atoms with Crippen LogP contribution in [0.15, 0.2) is 46.3 Å². The number of nitrogens with zero attached hydrogens (tertiary/aromatic N) is 6. The summed E-state index contributed by atoms with van der Waals surface area (Å²) in [4.78, 5) is 46.4. The van der Waals surface area contributed by atoms with Crippen molar-refractivity contribution in [3.8, 4) is 17.0 Å². The van der Waals surface area contributed by atoms with Gasteiger partial charge in [0.15, 0.2) is 5.82 Å². The number of carbonyl (C=O) groups excluding carboxylic acids is 2. The first-order valence-corrected chi connectivity index (χ1v) is 11.9. The maximum Gasteiger partial charge on any atom is 0.295 e. The molecule has 4 aromatic heterocycles. The Balaban J connectivity index is 0.00000353. The van der Waals surface area contributed by atoms with Crippen molar-refractivity contribution in [1.82, 2.24) is 41.5 Å². The fourth-order valence-electron chi connectivity index (χ4n) is 4.57. The highest BCUT2D eigenvalue weighted by Crippen LogP contribution is 2.37. The Labute approximate surface area is 223 Å². The molecule has 0 aliphatic carbocycles. The van der Waals surface area contributed by atoms with Crippen LogP contribution in [0.25, 0.3) is 22.2 Å². The van der Waals surface area contributed by atoms with Gasteiger partial charge in [-0.3, -0.25) is 15.0 Å². The summed E-state index contributed by atoms with van der Waals surface area (Å²) >= 11 is 0. The zero-order valence-electron chi connectivity index (χ0n) is 21.9.